The Bertz CT molecular complexity index is 1250. The van der Waals surface area contributed by atoms with E-state index in [-0.39, 0.29) is 16.5 Å². The minimum Gasteiger partial charge on any atom is -0.206 e. The van der Waals surface area contributed by atoms with Crippen LogP contribution in [0.15, 0.2) is 66.7 Å². The van der Waals surface area contributed by atoms with Gasteiger partial charge < -0.3 is 0 Å². The Balaban J connectivity index is 1.78. The lowest BCUT2D eigenvalue weighted by atomic mass is 9.96. The highest BCUT2D eigenvalue weighted by Crippen LogP contribution is 2.37. The fourth-order valence-corrected chi connectivity index (χ4v) is 3.63. The zero-order valence-corrected chi connectivity index (χ0v) is 16.3. The van der Waals surface area contributed by atoms with Crippen molar-refractivity contribution in [3.63, 3.8) is 0 Å². The quantitative estimate of drug-likeness (QED) is 0.288. The van der Waals surface area contributed by atoms with E-state index in [4.69, 9.17) is 0 Å². The highest BCUT2D eigenvalue weighted by Gasteiger charge is 2.38. The van der Waals surface area contributed by atoms with Gasteiger partial charge in [-0.1, -0.05) is 55.5 Å². The average molecular weight is 430 g/mol. The average Bonchev–Trinajstić information content (AvgIpc) is 2.72. The van der Waals surface area contributed by atoms with Crippen LogP contribution in [0.25, 0.3) is 33.0 Å². The lowest BCUT2D eigenvalue weighted by Gasteiger charge is -2.13. The molecule has 0 N–H and O–H groups in total. The van der Waals surface area contributed by atoms with Crippen molar-refractivity contribution in [3.05, 3.63) is 95.3 Å². The molecule has 4 rings (SSSR count). The Labute approximate surface area is 174 Å². The van der Waals surface area contributed by atoms with Crippen LogP contribution in [0, 0.1) is 17.5 Å². The molecule has 0 aliphatic heterocycles. The van der Waals surface area contributed by atoms with E-state index in [0.29, 0.717) is 17.5 Å². The third-order valence-corrected chi connectivity index (χ3v) is 5.29. The number of hydrogen-bond acceptors (Lipinski definition) is 0. The number of alkyl halides is 3. The van der Waals surface area contributed by atoms with Crippen LogP contribution in [-0.2, 0) is 12.6 Å². The molecule has 0 spiro atoms. The van der Waals surface area contributed by atoms with E-state index < -0.39 is 29.2 Å². The Morgan fingerprint density at radius 2 is 1.29 bits per heavy atom. The van der Waals surface area contributed by atoms with Crippen LogP contribution >= 0.6 is 0 Å². The zero-order valence-electron chi connectivity index (χ0n) is 16.3. The van der Waals surface area contributed by atoms with E-state index in [1.807, 2.05) is 24.3 Å². The molecule has 0 amide bonds. The summed E-state index contributed by atoms with van der Waals surface area (Å²) < 4.78 is 81.4. The first-order valence-corrected chi connectivity index (χ1v) is 9.57. The normalized spacial score (nSPS) is 11.8. The molecule has 158 valence electrons. The van der Waals surface area contributed by atoms with E-state index in [0.717, 1.165) is 17.5 Å². The molecule has 6 heteroatoms. The van der Waals surface area contributed by atoms with Crippen molar-refractivity contribution in [1.29, 1.82) is 0 Å². The number of aryl methyl sites for hydroxylation is 1. The van der Waals surface area contributed by atoms with E-state index in [1.54, 1.807) is 24.3 Å². The van der Waals surface area contributed by atoms with Gasteiger partial charge in [0.15, 0.2) is 0 Å². The van der Waals surface area contributed by atoms with Crippen molar-refractivity contribution in [3.8, 4) is 22.3 Å². The van der Waals surface area contributed by atoms with Gasteiger partial charge in [-0.2, -0.15) is 13.2 Å². The van der Waals surface area contributed by atoms with Crippen LogP contribution in [0.1, 0.15) is 18.1 Å². The van der Waals surface area contributed by atoms with Crippen molar-refractivity contribution in [2.24, 2.45) is 0 Å². The Morgan fingerprint density at radius 1 is 0.677 bits per heavy atom. The summed E-state index contributed by atoms with van der Waals surface area (Å²) in [5.74, 6) is -4.33. The minimum atomic E-state index is -5.18. The zero-order chi connectivity index (χ0) is 22.3. The molecule has 0 atom stereocenters. The number of fused-ring (bicyclic) bond motifs is 1. The summed E-state index contributed by atoms with van der Waals surface area (Å²) in [5, 5.41) is 0.762. The number of halogens is 6. The maximum absolute atomic E-state index is 15.1. The molecule has 0 saturated carbocycles. The molecule has 4 aromatic rings. The maximum atomic E-state index is 15.1. The highest BCUT2D eigenvalue weighted by molar-refractivity contribution is 5.91. The van der Waals surface area contributed by atoms with Gasteiger partial charge in [0, 0.05) is 10.9 Å². The van der Waals surface area contributed by atoms with Crippen LogP contribution in [-0.4, -0.2) is 0 Å². The first kappa shape index (κ1) is 21.0. The Kier molecular flexibility index (Phi) is 5.25. The van der Waals surface area contributed by atoms with Crippen LogP contribution in [0.4, 0.5) is 26.3 Å². The lowest BCUT2D eigenvalue weighted by molar-refractivity contribution is -0.142. The summed E-state index contributed by atoms with van der Waals surface area (Å²) in [4.78, 5) is 0. The largest absolute Gasteiger partial charge is 0.422 e. The second kappa shape index (κ2) is 7.76. The molecular weight excluding hydrogens is 414 g/mol. The van der Waals surface area contributed by atoms with E-state index >= 15 is 4.39 Å². The van der Waals surface area contributed by atoms with Crippen LogP contribution in [0.3, 0.4) is 0 Å². The molecule has 0 radical (unpaired) electrons. The van der Waals surface area contributed by atoms with Crippen LogP contribution in [0.2, 0.25) is 0 Å². The van der Waals surface area contributed by atoms with Gasteiger partial charge in [0.2, 0.25) is 0 Å². The summed E-state index contributed by atoms with van der Waals surface area (Å²) in [5.41, 5.74) is 0.539. The molecule has 4 aromatic carbocycles. The van der Waals surface area contributed by atoms with Crippen LogP contribution in [0.5, 0.6) is 0 Å². The topological polar surface area (TPSA) is 0 Å². The molecule has 31 heavy (non-hydrogen) atoms. The molecule has 0 heterocycles. The predicted molar refractivity (Wildman–Crippen MR) is 109 cm³/mol. The summed E-state index contributed by atoms with van der Waals surface area (Å²) in [7, 11) is 0. The maximum Gasteiger partial charge on any atom is 0.422 e. The Morgan fingerprint density at radius 3 is 1.87 bits per heavy atom. The van der Waals surface area contributed by atoms with E-state index in [1.165, 1.54) is 11.6 Å². The minimum absolute atomic E-state index is 0.181. The molecule has 0 nitrogen and oxygen atoms in total. The monoisotopic (exact) mass is 430 g/mol. The van der Waals surface area contributed by atoms with Crippen LogP contribution < -0.4 is 0 Å². The molecule has 0 unspecified atom stereocenters. The van der Waals surface area contributed by atoms with Gasteiger partial charge in [-0.05, 0) is 52.3 Å². The molecule has 0 saturated heterocycles. The first-order valence-electron chi connectivity index (χ1n) is 9.57. The first-order chi connectivity index (χ1) is 14.7. The smallest absolute Gasteiger partial charge is 0.206 e. The van der Waals surface area contributed by atoms with Gasteiger partial charge in [0.1, 0.15) is 23.0 Å². The van der Waals surface area contributed by atoms with Gasteiger partial charge in [0.05, 0.1) is 0 Å². The fourth-order valence-electron chi connectivity index (χ4n) is 3.63. The Hall–Kier alpha value is -3.28. The van der Waals surface area contributed by atoms with Crippen molar-refractivity contribution in [1.82, 2.24) is 0 Å². The van der Waals surface area contributed by atoms with Crippen molar-refractivity contribution in [2.75, 3.05) is 0 Å². The summed E-state index contributed by atoms with van der Waals surface area (Å²) in [6.45, 7) is 2.06. The van der Waals surface area contributed by atoms with Gasteiger partial charge in [-0.15, -0.1) is 0 Å². The van der Waals surface area contributed by atoms with Crippen molar-refractivity contribution < 1.29 is 26.3 Å². The third kappa shape index (κ3) is 3.90. The van der Waals surface area contributed by atoms with E-state index in [9.17, 15) is 22.0 Å². The highest BCUT2D eigenvalue weighted by atomic mass is 19.4. The number of benzene rings is 4. The van der Waals surface area contributed by atoms with Gasteiger partial charge >= 0.3 is 6.18 Å². The molecule has 0 aromatic heterocycles. The van der Waals surface area contributed by atoms with Crippen molar-refractivity contribution >= 4 is 10.8 Å². The lowest BCUT2D eigenvalue weighted by Crippen LogP contribution is -2.11. The van der Waals surface area contributed by atoms with E-state index in [2.05, 4.69) is 6.92 Å². The summed E-state index contributed by atoms with van der Waals surface area (Å²) in [6, 6.07) is 16.9. The molecule has 0 aliphatic carbocycles. The third-order valence-electron chi connectivity index (χ3n) is 5.29. The van der Waals surface area contributed by atoms with Gasteiger partial charge in [0.25, 0.3) is 0 Å². The fraction of sp³-hybridized carbons (Fsp3) is 0.120. The van der Waals surface area contributed by atoms with Crippen molar-refractivity contribution in [2.45, 2.75) is 19.5 Å². The second-order valence-corrected chi connectivity index (χ2v) is 7.23. The predicted octanol–water partition coefficient (Wildman–Crippen LogP) is 8.17. The summed E-state index contributed by atoms with van der Waals surface area (Å²) >= 11 is 0. The number of rotatable bonds is 3. The molecule has 0 fully saturated rings. The molecule has 0 bridgehead atoms. The van der Waals surface area contributed by atoms with Gasteiger partial charge in [-0.25, -0.2) is 13.2 Å². The SMILES string of the molecule is CCc1ccc(-c2ccc3c(F)c(-c4cc(F)c(C(F)(F)F)c(F)c4)ccc3c2)cc1. The van der Waals surface area contributed by atoms with Gasteiger partial charge in [-0.3, -0.25) is 0 Å². The number of hydrogen-bond donors (Lipinski definition) is 0. The standard InChI is InChI=1S/C25H16F6/c1-2-14-3-5-15(6-4-14)16-7-9-19-17(11-16)8-10-20(24(19)28)18-12-21(26)23(22(27)13-18)25(29,30)31/h3-13H,2H2,1H3. The molecule has 0 aliphatic rings. The molecular formula is C25H16F6. The summed E-state index contributed by atoms with van der Waals surface area (Å²) in [6.07, 6.45) is -4.27. The second-order valence-electron chi connectivity index (χ2n) is 7.23.